The summed E-state index contributed by atoms with van der Waals surface area (Å²) in [6, 6.07) is 13.2. The van der Waals surface area contributed by atoms with E-state index >= 15 is 0 Å². The molecule has 0 saturated heterocycles. The van der Waals surface area contributed by atoms with Crippen LogP contribution in [0.25, 0.3) is 0 Å². The lowest BCUT2D eigenvalue weighted by Crippen LogP contribution is -2.32. The molecule has 0 amide bonds. The first kappa shape index (κ1) is 22.8. The van der Waals surface area contributed by atoms with Gasteiger partial charge in [0.1, 0.15) is 5.75 Å². The molecule has 178 valence electrons. The van der Waals surface area contributed by atoms with Crippen LogP contribution in [0, 0.1) is 23.7 Å². The molecule has 7 unspecified atom stereocenters. The third-order valence-corrected chi connectivity index (χ3v) is 8.48. The van der Waals surface area contributed by atoms with Crippen molar-refractivity contribution in [3.8, 4) is 5.75 Å². The molecule has 3 aliphatic rings. The number of fused-ring (bicyclic) bond motifs is 5. The van der Waals surface area contributed by atoms with Crippen LogP contribution in [-0.4, -0.2) is 6.10 Å². The van der Waals surface area contributed by atoms with Crippen molar-refractivity contribution in [1.29, 1.82) is 0 Å². The normalized spacial score (nSPS) is 30.3. The van der Waals surface area contributed by atoms with Gasteiger partial charge in [-0.3, -0.25) is 0 Å². The van der Waals surface area contributed by atoms with Crippen LogP contribution in [-0.2, 0) is 10.9 Å². The fourth-order valence-corrected chi connectivity index (χ4v) is 6.56. The lowest BCUT2D eigenvalue weighted by Gasteiger charge is -2.34. The summed E-state index contributed by atoms with van der Waals surface area (Å²) in [5, 5.41) is 0. The van der Waals surface area contributed by atoms with Crippen LogP contribution < -0.4 is 4.74 Å². The SMILES string of the molecule is CCC(C)c1ccc(OC(OC2CC3CC2C2CCCC32)c2ccc(C(F)(F)F)cc2)cc1. The zero-order chi connectivity index (χ0) is 23.2. The van der Waals surface area contributed by atoms with Gasteiger partial charge in [0, 0.05) is 5.56 Å². The maximum atomic E-state index is 13.1. The van der Waals surface area contributed by atoms with Gasteiger partial charge in [-0.05, 0) is 91.5 Å². The largest absolute Gasteiger partial charge is 0.461 e. The van der Waals surface area contributed by atoms with Crippen molar-refractivity contribution in [2.75, 3.05) is 0 Å². The Bertz CT molecular complexity index is 937. The molecule has 2 aromatic carbocycles. The van der Waals surface area contributed by atoms with Crippen LogP contribution in [0.3, 0.4) is 0 Å². The Kier molecular flexibility index (Phi) is 6.19. The summed E-state index contributed by atoms with van der Waals surface area (Å²) in [6.07, 6.45) is 2.31. The zero-order valence-corrected chi connectivity index (χ0v) is 19.4. The van der Waals surface area contributed by atoms with Gasteiger partial charge in [-0.25, -0.2) is 0 Å². The molecule has 5 heteroatoms. The summed E-state index contributed by atoms with van der Waals surface area (Å²) < 4.78 is 52.1. The molecular weight excluding hydrogens is 425 g/mol. The van der Waals surface area contributed by atoms with E-state index in [0.29, 0.717) is 23.1 Å². The summed E-state index contributed by atoms with van der Waals surface area (Å²) in [4.78, 5) is 0. The molecule has 3 aliphatic carbocycles. The number of benzene rings is 2. The van der Waals surface area contributed by atoms with E-state index in [-0.39, 0.29) is 6.10 Å². The Morgan fingerprint density at radius 1 is 0.879 bits per heavy atom. The Labute approximate surface area is 194 Å². The Morgan fingerprint density at radius 3 is 2.21 bits per heavy atom. The van der Waals surface area contributed by atoms with E-state index in [9.17, 15) is 13.2 Å². The molecule has 0 aromatic heterocycles. The summed E-state index contributed by atoms with van der Waals surface area (Å²) in [7, 11) is 0. The monoisotopic (exact) mass is 458 g/mol. The van der Waals surface area contributed by atoms with E-state index in [1.165, 1.54) is 43.4 Å². The van der Waals surface area contributed by atoms with Crippen LogP contribution in [0.15, 0.2) is 48.5 Å². The molecule has 5 rings (SSSR count). The predicted molar refractivity (Wildman–Crippen MR) is 122 cm³/mol. The minimum absolute atomic E-state index is 0.112. The predicted octanol–water partition coefficient (Wildman–Crippen LogP) is 8.14. The average Bonchev–Trinajstić information content (AvgIpc) is 3.52. The van der Waals surface area contributed by atoms with E-state index < -0.39 is 18.0 Å². The van der Waals surface area contributed by atoms with E-state index in [1.807, 2.05) is 12.1 Å². The summed E-state index contributed by atoms with van der Waals surface area (Å²) >= 11 is 0. The van der Waals surface area contributed by atoms with E-state index in [1.54, 1.807) is 0 Å². The number of alkyl halides is 3. The van der Waals surface area contributed by atoms with Crippen LogP contribution in [0.1, 0.15) is 81.3 Å². The van der Waals surface area contributed by atoms with Gasteiger partial charge in [0.25, 0.3) is 0 Å². The van der Waals surface area contributed by atoms with Gasteiger partial charge in [0.15, 0.2) is 0 Å². The van der Waals surface area contributed by atoms with Crippen LogP contribution in [0.4, 0.5) is 13.2 Å². The van der Waals surface area contributed by atoms with Gasteiger partial charge in [0.05, 0.1) is 11.7 Å². The lowest BCUT2D eigenvalue weighted by atomic mass is 9.80. The molecule has 7 atom stereocenters. The van der Waals surface area contributed by atoms with Gasteiger partial charge < -0.3 is 9.47 Å². The molecule has 0 spiro atoms. The first-order valence-electron chi connectivity index (χ1n) is 12.4. The Hall–Kier alpha value is -2.01. The molecular formula is C28H33F3O2. The molecule has 0 heterocycles. The van der Waals surface area contributed by atoms with Crippen molar-refractivity contribution in [2.24, 2.45) is 23.7 Å². The van der Waals surface area contributed by atoms with Crippen molar-refractivity contribution >= 4 is 0 Å². The molecule has 2 bridgehead atoms. The third-order valence-electron chi connectivity index (χ3n) is 8.48. The number of ether oxygens (including phenoxy) is 2. The summed E-state index contributed by atoms with van der Waals surface area (Å²) in [6.45, 7) is 4.35. The lowest BCUT2D eigenvalue weighted by molar-refractivity contribution is -0.147. The van der Waals surface area contributed by atoms with Crippen molar-refractivity contribution in [3.63, 3.8) is 0 Å². The van der Waals surface area contributed by atoms with Gasteiger partial charge in [-0.1, -0.05) is 44.5 Å². The topological polar surface area (TPSA) is 18.5 Å². The van der Waals surface area contributed by atoms with Crippen LogP contribution in [0.2, 0.25) is 0 Å². The molecule has 0 aliphatic heterocycles. The maximum absolute atomic E-state index is 13.1. The van der Waals surface area contributed by atoms with E-state index in [0.717, 1.165) is 42.7 Å². The number of rotatable bonds is 7. The highest BCUT2D eigenvalue weighted by molar-refractivity contribution is 5.31. The minimum atomic E-state index is -4.36. The van der Waals surface area contributed by atoms with Crippen LogP contribution in [0.5, 0.6) is 5.75 Å². The second-order valence-electron chi connectivity index (χ2n) is 10.3. The smallest absolute Gasteiger partial charge is 0.416 e. The highest BCUT2D eigenvalue weighted by Crippen LogP contribution is 2.60. The fraction of sp³-hybridized carbons (Fsp3) is 0.571. The van der Waals surface area contributed by atoms with Gasteiger partial charge in [0.2, 0.25) is 6.29 Å². The van der Waals surface area contributed by atoms with Crippen molar-refractivity contribution in [3.05, 3.63) is 65.2 Å². The van der Waals surface area contributed by atoms with Crippen molar-refractivity contribution in [1.82, 2.24) is 0 Å². The first-order valence-corrected chi connectivity index (χ1v) is 12.4. The molecule has 2 aromatic rings. The minimum Gasteiger partial charge on any atom is -0.461 e. The fourth-order valence-electron chi connectivity index (χ4n) is 6.56. The quantitative estimate of drug-likeness (QED) is 0.390. The highest BCUT2D eigenvalue weighted by atomic mass is 19.4. The highest BCUT2D eigenvalue weighted by Gasteiger charge is 2.54. The average molecular weight is 459 g/mol. The van der Waals surface area contributed by atoms with Gasteiger partial charge in [-0.2, -0.15) is 13.2 Å². The first-order chi connectivity index (χ1) is 15.8. The maximum Gasteiger partial charge on any atom is 0.416 e. The Balaban J connectivity index is 1.36. The molecule has 3 fully saturated rings. The standard InChI is InChI=1S/C28H33F3O2/c1-3-17(2)18-9-13-22(14-10-18)32-27(19-7-11-21(12-8-19)28(29,30)31)33-26-16-20-15-25(26)24-6-4-5-23(20)24/h7-14,17,20,23-27H,3-6,15-16H2,1-2H3. The van der Waals surface area contributed by atoms with Crippen molar-refractivity contribution in [2.45, 2.75) is 76.9 Å². The van der Waals surface area contributed by atoms with E-state index in [2.05, 4.69) is 26.0 Å². The number of hydrogen-bond donors (Lipinski definition) is 0. The second-order valence-corrected chi connectivity index (χ2v) is 10.3. The number of hydrogen-bond acceptors (Lipinski definition) is 2. The number of halogens is 3. The van der Waals surface area contributed by atoms with E-state index in [4.69, 9.17) is 9.47 Å². The molecule has 0 radical (unpaired) electrons. The summed E-state index contributed by atoms with van der Waals surface area (Å²) in [5.41, 5.74) is 1.22. The van der Waals surface area contributed by atoms with Crippen LogP contribution >= 0.6 is 0 Å². The molecule has 2 nitrogen and oxygen atoms in total. The van der Waals surface area contributed by atoms with Gasteiger partial charge in [-0.15, -0.1) is 0 Å². The third kappa shape index (κ3) is 4.53. The molecule has 0 N–H and O–H groups in total. The Morgan fingerprint density at radius 2 is 1.55 bits per heavy atom. The summed E-state index contributed by atoms with van der Waals surface area (Å²) in [5.74, 6) is 4.03. The zero-order valence-electron chi connectivity index (χ0n) is 19.4. The van der Waals surface area contributed by atoms with Gasteiger partial charge >= 0.3 is 6.18 Å². The molecule has 33 heavy (non-hydrogen) atoms. The second kappa shape index (κ2) is 8.98. The van der Waals surface area contributed by atoms with Crippen molar-refractivity contribution < 1.29 is 22.6 Å². The molecule has 3 saturated carbocycles.